The molecule has 1 aromatic rings. The Kier molecular flexibility index (Phi) is 6.64. The monoisotopic (exact) mass is 331 g/mol. The van der Waals surface area contributed by atoms with E-state index in [-0.39, 0.29) is 18.4 Å². The van der Waals surface area contributed by atoms with E-state index < -0.39 is 0 Å². The molecular weight excluding hydrogens is 302 g/mol. The molecule has 2 amide bonds. The summed E-state index contributed by atoms with van der Waals surface area (Å²) in [5.41, 5.74) is 2.60. The molecule has 5 heteroatoms. The average molecular weight is 331 g/mol. The number of rotatable bonds is 6. The van der Waals surface area contributed by atoms with Crippen LogP contribution in [0.2, 0.25) is 0 Å². The molecule has 1 fully saturated rings. The van der Waals surface area contributed by atoms with Gasteiger partial charge >= 0.3 is 0 Å². The van der Waals surface area contributed by atoms with Gasteiger partial charge in [-0.1, -0.05) is 32.8 Å². The van der Waals surface area contributed by atoms with E-state index in [0.29, 0.717) is 18.4 Å². The third-order valence-corrected chi connectivity index (χ3v) is 4.83. The van der Waals surface area contributed by atoms with Gasteiger partial charge in [0.25, 0.3) is 0 Å². The third-order valence-electron chi connectivity index (χ3n) is 4.83. The van der Waals surface area contributed by atoms with Crippen molar-refractivity contribution in [2.24, 2.45) is 5.92 Å². The zero-order valence-corrected chi connectivity index (χ0v) is 14.9. The second-order valence-corrected chi connectivity index (χ2v) is 6.67. The minimum atomic E-state index is -0.0146. The zero-order chi connectivity index (χ0) is 17.5. The van der Waals surface area contributed by atoms with Crippen molar-refractivity contribution < 1.29 is 9.59 Å². The van der Waals surface area contributed by atoms with Crippen molar-refractivity contribution in [1.82, 2.24) is 5.32 Å². The molecule has 0 radical (unpaired) electrons. The van der Waals surface area contributed by atoms with Gasteiger partial charge in [-0.2, -0.15) is 0 Å². The molecule has 0 aliphatic heterocycles. The van der Waals surface area contributed by atoms with Gasteiger partial charge in [-0.05, 0) is 43.4 Å². The normalized spacial score (nSPS) is 20.3. The predicted molar refractivity (Wildman–Crippen MR) is 98.2 cm³/mol. The van der Waals surface area contributed by atoms with Crippen LogP contribution in [0.3, 0.4) is 0 Å². The highest BCUT2D eigenvalue weighted by Gasteiger charge is 2.22. The first-order valence-corrected chi connectivity index (χ1v) is 8.94. The summed E-state index contributed by atoms with van der Waals surface area (Å²) < 4.78 is 0. The van der Waals surface area contributed by atoms with Crippen molar-refractivity contribution in [3.05, 3.63) is 23.8 Å². The number of hydrogen-bond donors (Lipinski definition) is 3. The lowest BCUT2D eigenvalue weighted by atomic mass is 9.86. The summed E-state index contributed by atoms with van der Waals surface area (Å²) >= 11 is 0. The molecule has 0 saturated heterocycles. The molecule has 2 rings (SSSR count). The lowest BCUT2D eigenvalue weighted by Crippen LogP contribution is -2.43. The minimum Gasteiger partial charge on any atom is -0.376 e. The Hall–Kier alpha value is -2.04. The van der Waals surface area contributed by atoms with Crippen LogP contribution in [-0.2, 0) is 9.59 Å². The van der Waals surface area contributed by atoms with Crippen molar-refractivity contribution in [2.75, 3.05) is 17.2 Å². The number of amides is 2. The second kappa shape index (κ2) is 8.71. The molecule has 24 heavy (non-hydrogen) atoms. The summed E-state index contributed by atoms with van der Waals surface area (Å²) in [5, 5.41) is 9.21. The molecule has 132 valence electrons. The van der Waals surface area contributed by atoms with Gasteiger partial charge in [-0.3, -0.25) is 9.59 Å². The van der Waals surface area contributed by atoms with Crippen LogP contribution < -0.4 is 16.0 Å². The van der Waals surface area contributed by atoms with Crippen LogP contribution in [0.4, 0.5) is 11.4 Å². The fraction of sp³-hybridized carbons (Fsp3) is 0.579. The van der Waals surface area contributed by atoms with Gasteiger partial charge in [0.1, 0.15) is 0 Å². The number of carbonyl (C=O) groups excluding carboxylic acids is 2. The van der Waals surface area contributed by atoms with Crippen molar-refractivity contribution in [1.29, 1.82) is 0 Å². The fourth-order valence-corrected chi connectivity index (χ4v) is 3.17. The molecule has 0 spiro atoms. The largest absolute Gasteiger partial charge is 0.376 e. The number of hydrogen-bond acceptors (Lipinski definition) is 3. The lowest BCUT2D eigenvalue weighted by Gasteiger charge is -2.29. The number of benzene rings is 1. The van der Waals surface area contributed by atoms with Gasteiger partial charge in [-0.25, -0.2) is 0 Å². The van der Waals surface area contributed by atoms with E-state index >= 15 is 0 Å². The summed E-state index contributed by atoms with van der Waals surface area (Å²) in [7, 11) is 0. The topological polar surface area (TPSA) is 70.2 Å². The first kappa shape index (κ1) is 18.3. The van der Waals surface area contributed by atoms with Crippen molar-refractivity contribution >= 4 is 23.2 Å². The standard InChI is InChI=1S/C19H29N3O2/c1-4-18(23)22-17-11-7-10-16(14(17)3)20-12-19(24)21-15-9-6-5-8-13(15)2/h7,10-11,13,15,20H,4-6,8-9,12H2,1-3H3,(H,21,24)(H,22,23). The van der Waals surface area contributed by atoms with E-state index in [9.17, 15) is 9.59 Å². The third kappa shape index (κ3) is 4.98. The molecule has 1 aliphatic rings. The van der Waals surface area contributed by atoms with Crippen LogP contribution in [0.25, 0.3) is 0 Å². The zero-order valence-electron chi connectivity index (χ0n) is 14.9. The van der Waals surface area contributed by atoms with E-state index in [2.05, 4.69) is 22.9 Å². The molecule has 2 unspecified atom stereocenters. The summed E-state index contributed by atoms with van der Waals surface area (Å²) in [6.07, 6.45) is 5.17. The number of carbonyl (C=O) groups is 2. The maximum absolute atomic E-state index is 12.2. The Bertz CT molecular complexity index is 586. The van der Waals surface area contributed by atoms with Crippen LogP contribution in [0, 0.1) is 12.8 Å². The van der Waals surface area contributed by atoms with Gasteiger partial charge in [-0.15, -0.1) is 0 Å². The van der Waals surface area contributed by atoms with Crippen LogP contribution >= 0.6 is 0 Å². The predicted octanol–water partition coefficient (Wildman–Crippen LogP) is 3.45. The van der Waals surface area contributed by atoms with E-state index in [0.717, 1.165) is 23.4 Å². The highest BCUT2D eigenvalue weighted by Crippen LogP contribution is 2.24. The molecular formula is C19H29N3O2. The van der Waals surface area contributed by atoms with E-state index in [1.165, 1.54) is 19.3 Å². The van der Waals surface area contributed by atoms with Crippen molar-refractivity contribution in [3.8, 4) is 0 Å². The van der Waals surface area contributed by atoms with Crippen LogP contribution in [0.15, 0.2) is 18.2 Å². The second-order valence-electron chi connectivity index (χ2n) is 6.67. The Balaban J connectivity index is 1.90. The van der Waals surface area contributed by atoms with Crippen LogP contribution in [0.1, 0.15) is 51.5 Å². The highest BCUT2D eigenvalue weighted by atomic mass is 16.2. The smallest absolute Gasteiger partial charge is 0.239 e. The maximum Gasteiger partial charge on any atom is 0.239 e. The molecule has 0 bridgehead atoms. The van der Waals surface area contributed by atoms with Gasteiger partial charge in [0, 0.05) is 23.8 Å². The summed E-state index contributed by atoms with van der Waals surface area (Å²) in [6, 6.07) is 5.97. The Labute approximate surface area is 144 Å². The van der Waals surface area contributed by atoms with Gasteiger partial charge in [0.05, 0.1) is 6.54 Å². The molecule has 2 atom stereocenters. The average Bonchev–Trinajstić information content (AvgIpc) is 2.57. The number of nitrogens with one attached hydrogen (secondary N) is 3. The fourth-order valence-electron chi connectivity index (χ4n) is 3.17. The number of anilines is 2. The van der Waals surface area contributed by atoms with E-state index in [4.69, 9.17) is 0 Å². The molecule has 1 aromatic carbocycles. The van der Waals surface area contributed by atoms with Gasteiger partial charge in [0.2, 0.25) is 11.8 Å². The summed E-state index contributed by atoms with van der Waals surface area (Å²) in [5.74, 6) is 0.562. The van der Waals surface area contributed by atoms with Crippen LogP contribution in [0.5, 0.6) is 0 Å². The highest BCUT2D eigenvalue weighted by molar-refractivity contribution is 5.92. The Morgan fingerprint density at radius 2 is 1.83 bits per heavy atom. The molecule has 1 aliphatic carbocycles. The quantitative estimate of drug-likeness (QED) is 0.748. The summed E-state index contributed by atoms with van der Waals surface area (Å²) in [6.45, 7) is 6.22. The molecule has 0 heterocycles. The first-order valence-electron chi connectivity index (χ1n) is 8.94. The lowest BCUT2D eigenvalue weighted by molar-refractivity contribution is -0.120. The van der Waals surface area contributed by atoms with E-state index in [1.54, 1.807) is 0 Å². The SMILES string of the molecule is CCC(=O)Nc1cccc(NCC(=O)NC2CCCCC2C)c1C. The van der Waals surface area contributed by atoms with E-state index in [1.807, 2.05) is 32.0 Å². The maximum atomic E-state index is 12.2. The first-order chi connectivity index (χ1) is 11.5. The molecule has 1 saturated carbocycles. The Morgan fingerprint density at radius 3 is 2.54 bits per heavy atom. The van der Waals surface area contributed by atoms with Crippen molar-refractivity contribution in [2.45, 2.75) is 58.9 Å². The Morgan fingerprint density at radius 1 is 1.12 bits per heavy atom. The van der Waals surface area contributed by atoms with Gasteiger partial charge in [0.15, 0.2) is 0 Å². The van der Waals surface area contributed by atoms with Gasteiger partial charge < -0.3 is 16.0 Å². The summed E-state index contributed by atoms with van der Waals surface area (Å²) in [4.78, 5) is 23.8. The molecule has 0 aromatic heterocycles. The molecule has 5 nitrogen and oxygen atoms in total. The van der Waals surface area contributed by atoms with Crippen molar-refractivity contribution in [3.63, 3.8) is 0 Å². The minimum absolute atomic E-state index is 0.0146. The molecule has 3 N–H and O–H groups in total. The van der Waals surface area contributed by atoms with Crippen LogP contribution in [-0.4, -0.2) is 24.4 Å².